The number of fused-ring (bicyclic) bond motifs is 1. The number of nitrogens with zero attached hydrogens (tertiary/aromatic N) is 2. The van der Waals surface area contributed by atoms with Gasteiger partial charge in [0.05, 0.1) is 12.6 Å². The van der Waals surface area contributed by atoms with Gasteiger partial charge < -0.3 is 15.4 Å². The lowest BCUT2D eigenvalue weighted by molar-refractivity contribution is -0.123. The number of likely N-dealkylation sites (tertiary alicyclic amines) is 1. The van der Waals surface area contributed by atoms with Crippen molar-refractivity contribution in [3.05, 3.63) is 0 Å². The molecule has 7 heteroatoms. The molecular formula is C17H28N4O3. The number of hydrogen-bond donors (Lipinski definition) is 2. The smallest absolute Gasteiger partial charge is 0.410 e. The number of amides is 2. The van der Waals surface area contributed by atoms with Gasteiger partial charge >= 0.3 is 6.09 Å². The fourth-order valence-corrected chi connectivity index (χ4v) is 4.69. The number of ether oxygens (including phenoxy) is 1. The van der Waals surface area contributed by atoms with E-state index < -0.39 is 0 Å². The third kappa shape index (κ3) is 3.24. The molecule has 4 rings (SSSR count). The van der Waals surface area contributed by atoms with Gasteiger partial charge in [-0.1, -0.05) is 12.8 Å². The third-order valence-electron chi connectivity index (χ3n) is 5.99. The number of carbonyl (C=O) groups is 2. The van der Waals surface area contributed by atoms with Crippen LogP contribution in [0.4, 0.5) is 4.79 Å². The Morgan fingerprint density at radius 3 is 2.67 bits per heavy atom. The van der Waals surface area contributed by atoms with E-state index in [1.54, 1.807) is 0 Å². The Morgan fingerprint density at radius 1 is 1.17 bits per heavy atom. The van der Waals surface area contributed by atoms with Gasteiger partial charge in [-0.05, 0) is 25.7 Å². The predicted molar refractivity (Wildman–Crippen MR) is 88.6 cm³/mol. The minimum absolute atomic E-state index is 0.0210. The predicted octanol–water partition coefficient (Wildman–Crippen LogP) is 0.302. The minimum atomic E-state index is -0.149. The molecule has 134 valence electrons. The normalized spacial score (nSPS) is 32.2. The quantitative estimate of drug-likeness (QED) is 0.773. The third-order valence-corrected chi connectivity index (χ3v) is 5.99. The van der Waals surface area contributed by atoms with Gasteiger partial charge in [-0.15, -0.1) is 0 Å². The van der Waals surface area contributed by atoms with Crippen molar-refractivity contribution in [1.82, 2.24) is 20.4 Å². The van der Waals surface area contributed by atoms with Crippen molar-refractivity contribution in [2.24, 2.45) is 0 Å². The SMILES string of the molecule is O=C(CN1CCC(N2C(=O)O[C@H]3CNC[C@H]32)CC1)NC1CCCC1. The van der Waals surface area contributed by atoms with Gasteiger partial charge in [-0.2, -0.15) is 0 Å². The summed E-state index contributed by atoms with van der Waals surface area (Å²) < 4.78 is 5.46. The van der Waals surface area contributed by atoms with E-state index >= 15 is 0 Å². The first-order valence-electron chi connectivity index (χ1n) is 9.42. The summed E-state index contributed by atoms with van der Waals surface area (Å²) in [5.41, 5.74) is 0. The average molecular weight is 336 g/mol. The highest BCUT2D eigenvalue weighted by Crippen LogP contribution is 2.29. The van der Waals surface area contributed by atoms with Crippen LogP contribution in [0.2, 0.25) is 0 Å². The molecule has 2 amide bonds. The molecule has 0 aromatic rings. The molecule has 4 aliphatic rings. The first-order valence-corrected chi connectivity index (χ1v) is 9.42. The molecule has 2 atom stereocenters. The van der Waals surface area contributed by atoms with Crippen LogP contribution in [0.1, 0.15) is 38.5 Å². The molecule has 1 saturated carbocycles. The van der Waals surface area contributed by atoms with Crippen LogP contribution in [-0.4, -0.2) is 78.8 Å². The van der Waals surface area contributed by atoms with E-state index in [1.807, 2.05) is 4.90 Å². The Kier molecular flexibility index (Phi) is 4.63. The molecule has 1 aliphatic carbocycles. The van der Waals surface area contributed by atoms with Crippen molar-refractivity contribution < 1.29 is 14.3 Å². The van der Waals surface area contributed by atoms with Gasteiger partial charge in [-0.3, -0.25) is 14.6 Å². The second-order valence-corrected chi connectivity index (χ2v) is 7.61. The molecule has 3 heterocycles. The summed E-state index contributed by atoms with van der Waals surface area (Å²) >= 11 is 0. The van der Waals surface area contributed by atoms with Crippen LogP contribution in [0.3, 0.4) is 0 Å². The lowest BCUT2D eigenvalue weighted by Crippen LogP contribution is -2.51. The first-order chi connectivity index (χ1) is 11.7. The maximum absolute atomic E-state index is 12.2. The zero-order chi connectivity index (χ0) is 16.5. The maximum atomic E-state index is 12.2. The summed E-state index contributed by atoms with van der Waals surface area (Å²) in [6.07, 6.45) is 6.45. The van der Waals surface area contributed by atoms with E-state index in [2.05, 4.69) is 15.5 Å². The van der Waals surface area contributed by atoms with Crippen LogP contribution < -0.4 is 10.6 Å². The Morgan fingerprint density at radius 2 is 1.92 bits per heavy atom. The Labute approximate surface area is 143 Å². The largest absolute Gasteiger partial charge is 0.442 e. The van der Waals surface area contributed by atoms with Crippen molar-refractivity contribution >= 4 is 12.0 Å². The van der Waals surface area contributed by atoms with Gasteiger partial charge in [0.2, 0.25) is 5.91 Å². The highest BCUT2D eigenvalue weighted by atomic mass is 16.6. The van der Waals surface area contributed by atoms with Crippen molar-refractivity contribution in [3.63, 3.8) is 0 Å². The summed E-state index contributed by atoms with van der Waals surface area (Å²) in [7, 11) is 0. The van der Waals surface area contributed by atoms with Crippen LogP contribution >= 0.6 is 0 Å². The molecule has 0 radical (unpaired) electrons. The molecule has 24 heavy (non-hydrogen) atoms. The van der Waals surface area contributed by atoms with Gasteiger partial charge in [0.25, 0.3) is 0 Å². The van der Waals surface area contributed by atoms with Gasteiger partial charge in [0, 0.05) is 38.3 Å². The maximum Gasteiger partial charge on any atom is 0.410 e. The zero-order valence-electron chi connectivity index (χ0n) is 14.2. The van der Waals surface area contributed by atoms with E-state index in [9.17, 15) is 9.59 Å². The van der Waals surface area contributed by atoms with E-state index in [0.717, 1.165) is 51.9 Å². The van der Waals surface area contributed by atoms with Gasteiger partial charge in [0.15, 0.2) is 0 Å². The molecule has 0 bridgehead atoms. The molecule has 3 aliphatic heterocycles. The molecule has 7 nitrogen and oxygen atoms in total. The molecule has 0 aromatic carbocycles. The molecule has 3 saturated heterocycles. The summed E-state index contributed by atoms with van der Waals surface area (Å²) in [5, 5.41) is 6.46. The molecule has 2 N–H and O–H groups in total. The van der Waals surface area contributed by atoms with Crippen molar-refractivity contribution in [1.29, 1.82) is 0 Å². The van der Waals surface area contributed by atoms with E-state index in [0.29, 0.717) is 12.6 Å². The lowest BCUT2D eigenvalue weighted by atomic mass is 10.0. The first kappa shape index (κ1) is 16.1. The van der Waals surface area contributed by atoms with Gasteiger partial charge in [-0.25, -0.2) is 4.79 Å². The fourth-order valence-electron chi connectivity index (χ4n) is 4.69. The van der Waals surface area contributed by atoms with Crippen molar-refractivity contribution in [2.75, 3.05) is 32.7 Å². The molecule has 0 unspecified atom stereocenters. The highest BCUT2D eigenvalue weighted by molar-refractivity contribution is 5.78. The standard InChI is InChI=1S/C17H28N4O3/c22-16(19-12-3-1-2-4-12)11-20-7-5-13(6-8-20)21-14-9-18-10-15(14)24-17(21)23/h12-15,18H,1-11H2,(H,19,22)/t14-,15+/m1/s1. The van der Waals surface area contributed by atoms with Gasteiger partial charge in [0.1, 0.15) is 6.10 Å². The molecule has 0 spiro atoms. The molecule has 4 fully saturated rings. The summed E-state index contributed by atoms with van der Waals surface area (Å²) in [5.74, 6) is 0.154. The topological polar surface area (TPSA) is 73.9 Å². The monoisotopic (exact) mass is 336 g/mol. The number of rotatable bonds is 4. The number of piperidine rings is 1. The van der Waals surface area contributed by atoms with Crippen molar-refractivity contribution in [3.8, 4) is 0 Å². The summed E-state index contributed by atoms with van der Waals surface area (Å²) in [6.45, 7) is 3.84. The lowest BCUT2D eigenvalue weighted by Gasteiger charge is -2.37. The van der Waals surface area contributed by atoms with Crippen LogP contribution in [0.15, 0.2) is 0 Å². The van der Waals surface area contributed by atoms with Crippen LogP contribution in [-0.2, 0) is 9.53 Å². The summed E-state index contributed by atoms with van der Waals surface area (Å²) in [6, 6.07) is 0.836. The molecular weight excluding hydrogens is 308 g/mol. The number of nitrogens with one attached hydrogen (secondary N) is 2. The fraction of sp³-hybridized carbons (Fsp3) is 0.882. The van der Waals surface area contributed by atoms with E-state index in [1.165, 1.54) is 12.8 Å². The van der Waals surface area contributed by atoms with E-state index in [4.69, 9.17) is 4.74 Å². The van der Waals surface area contributed by atoms with Crippen LogP contribution in [0, 0.1) is 0 Å². The number of hydrogen-bond acceptors (Lipinski definition) is 5. The molecule has 0 aromatic heterocycles. The second-order valence-electron chi connectivity index (χ2n) is 7.61. The van der Waals surface area contributed by atoms with Crippen LogP contribution in [0.25, 0.3) is 0 Å². The van der Waals surface area contributed by atoms with Crippen molar-refractivity contribution in [2.45, 2.75) is 62.8 Å². The second kappa shape index (κ2) is 6.88. The van der Waals surface area contributed by atoms with E-state index in [-0.39, 0.29) is 30.2 Å². The highest BCUT2D eigenvalue weighted by Gasteiger charge is 2.47. The Bertz CT molecular complexity index is 486. The summed E-state index contributed by atoms with van der Waals surface area (Å²) in [4.78, 5) is 28.5. The average Bonchev–Trinajstić information content (AvgIpc) is 3.26. The Hall–Kier alpha value is -1.34. The van der Waals surface area contributed by atoms with Crippen LogP contribution in [0.5, 0.6) is 0 Å². The Balaban J connectivity index is 1.24. The number of carbonyl (C=O) groups excluding carboxylic acids is 2. The zero-order valence-corrected chi connectivity index (χ0v) is 14.2. The minimum Gasteiger partial charge on any atom is -0.442 e.